The summed E-state index contributed by atoms with van der Waals surface area (Å²) >= 11 is 17.8. The van der Waals surface area contributed by atoms with E-state index in [0.29, 0.717) is 10.0 Å². The minimum atomic E-state index is -3.76. The Balaban J connectivity index is 2.17. The van der Waals surface area contributed by atoms with Crippen LogP contribution in [-0.2, 0) is 14.6 Å². The highest BCUT2D eigenvalue weighted by molar-refractivity contribution is 7.93. The maximum Gasteiger partial charge on any atom is 0.244 e. The maximum absolute atomic E-state index is 12.5. The summed E-state index contributed by atoms with van der Waals surface area (Å²) in [6, 6.07) is 7.47. The fraction of sp³-hybridized carbons (Fsp3) is 0.143. The molecule has 1 aromatic heterocycles. The molecule has 0 saturated carbocycles. The first kappa shape index (κ1) is 16.5. The van der Waals surface area contributed by atoms with Crippen molar-refractivity contribution < 1.29 is 13.2 Å². The second-order valence-corrected chi connectivity index (χ2v) is 8.26. The molecule has 1 aromatic carbocycles. The van der Waals surface area contributed by atoms with Crippen LogP contribution in [0.3, 0.4) is 0 Å². The number of anilines is 1. The van der Waals surface area contributed by atoms with E-state index in [1.54, 1.807) is 0 Å². The molecule has 5 nitrogen and oxygen atoms in total. The third kappa shape index (κ3) is 3.04. The number of pyridine rings is 1. The molecule has 3 rings (SSSR count). The first-order valence-electron chi connectivity index (χ1n) is 6.40. The van der Waals surface area contributed by atoms with Crippen LogP contribution in [0.25, 0.3) is 0 Å². The number of carbonyl (C=O) groups is 1. The van der Waals surface area contributed by atoms with Gasteiger partial charge in [-0.05, 0) is 24.3 Å². The van der Waals surface area contributed by atoms with Crippen molar-refractivity contribution >= 4 is 56.4 Å². The lowest BCUT2D eigenvalue weighted by Gasteiger charge is -2.23. The van der Waals surface area contributed by atoms with Crippen LogP contribution < -0.4 is 4.90 Å². The number of amides is 1. The molecular formula is C14H9Cl3N2O3S. The van der Waals surface area contributed by atoms with E-state index in [1.165, 1.54) is 36.5 Å². The number of nitrogens with zero attached hydrogens (tertiary/aromatic N) is 2. The average molecular weight is 392 g/mol. The van der Waals surface area contributed by atoms with Gasteiger partial charge < -0.3 is 0 Å². The molecule has 0 N–H and O–H groups in total. The summed E-state index contributed by atoms with van der Waals surface area (Å²) in [6.45, 7) is 0. The van der Waals surface area contributed by atoms with Crippen molar-refractivity contribution in [2.24, 2.45) is 0 Å². The van der Waals surface area contributed by atoms with Crippen LogP contribution in [0.5, 0.6) is 0 Å². The van der Waals surface area contributed by atoms with Crippen molar-refractivity contribution in [1.29, 1.82) is 0 Å². The number of rotatable bonds is 2. The molecule has 1 unspecified atom stereocenters. The zero-order valence-electron chi connectivity index (χ0n) is 11.4. The molecule has 1 amide bonds. The first-order chi connectivity index (χ1) is 10.8. The smallest absolute Gasteiger partial charge is 0.244 e. The van der Waals surface area contributed by atoms with E-state index in [9.17, 15) is 13.2 Å². The first-order valence-corrected chi connectivity index (χ1v) is 9.24. The van der Waals surface area contributed by atoms with Crippen LogP contribution in [0.15, 0.2) is 36.5 Å². The van der Waals surface area contributed by atoms with Crippen molar-refractivity contribution in [3.8, 4) is 0 Å². The molecule has 0 radical (unpaired) electrons. The van der Waals surface area contributed by atoms with E-state index in [1.807, 2.05) is 0 Å². The molecule has 1 aliphatic rings. The largest absolute Gasteiger partial charge is 0.274 e. The maximum atomic E-state index is 12.5. The van der Waals surface area contributed by atoms with E-state index in [0.717, 1.165) is 4.90 Å². The summed E-state index contributed by atoms with van der Waals surface area (Å²) < 4.78 is 24.9. The molecule has 0 aliphatic carbocycles. The normalized spacial score (nSPS) is 20.0. The van der Waals surface area contributed by atoms with Crippen LogP contribution in [0.4, 0.5) is 5.82 Å². The Bertz CT molecular complexity index is 885. The monoisotopic (exact) mass is 390 g/mol. The Labute approximate surface area is 147 Å². The number of halogens is 3. The van der Waals surface area contributed by atoms with Gasteiger partial charge in [0.25, 0.3) is 0 Å². The van der Waals surface area contributed by atoms with Gasteiger partial charge in [-0.3, -0.25) is 9.69 Å². The standard InChI is InChI=1S/C14H9Cl3N2O3S/c15-8-1-3-10(11(17)5-8)14-19(13(20)7-23(14,21)22)12-4-2-9(16)6-18-12/h1-6,14H,7H2. The summed E-state index contributed by atoms with van der Waals surface area (Å²) in [6.07, 6.45) is 1.34. The molecule has 1 atom stereocenters. The van der Waals surface area contributed by atoms with E-state index in [2.05, 4.69) is 4.98 Å². The third-order valence-corrected chi connectivity index (χ3v) is 5.94. The van der Waals surface area contributed by atoms with Crippen molar-refractivity contribution in [1.82, 2.24) is 4.98 Å². The summed E-state index contributed by atoms with van der Waals surface area (Å²) in [5.41, 5.74) is 0.277. The molecule has 1 saturated heterocycles. The van der Waals surface area contributed by atoms with Gasteiger partial charge in [-0.15, -0.1) is 0 Å². The van der Waals surface area contributed by atoms with Gasteiger partial charge >= 0.3 is 0 Å². The summed E-state index contributed by atoms with van der Waals surface area (Å²) in [7, 11) is -3.76. The quantitative estimate of drug-likeness (QED) is 0.786. The van der Waals surface area contributed by atoms with Crippen molar-refractivity contribution in [3.63, 3.8) is 0 Å². The average Bonchev–Trinajstić information content (AvgIpc) is 2.69. The Kier molecular flexibility index (Phi) is 4.27. The Hall–Kier alpha value is -1.34. The summed E-state index contributed by atoms with van der Waals surface area (Å²) in [5.74, 6) is -0.992. The third-order valence-electron chi connectivity index (χ3n) is 3.36. The molecule has 120 valence electrons. The summed E-state index contributed by atoms with van der Waals surface area (Å²) in [4.78, 5) is 17.4. The predicted octanol–water partition coefficient (Wildman–Crippen LogP) is 3.50. The van der Waals surface area contributed by atoms with Gasteiger partial charge in [0.05, 0.1) is 5.02 Å². The predicted molar refractivity (Wildman–Crippen MR) is 89.7 cm³/mol. The second kappa shape index (κ2) is 5.94. The van der Waals surface area contributed by atoms with Crippen LogP contribution >= 0.6 is 34.8 Å². The van der Waals surface area contributed by atoms with Crippen molar-refractivity contribution in [3.05, 3.63) is 57.2 Å². The Morgan fingerprint density at radius 3 is 2.39 bits per heavy atom. The fourth-order valence-electron chi connectivity index (χ4n) is 2.40. The molecule has 23 heavy (non-hydrogen) atoms. The van der Waals surface area contributed by atoms with E-state index < -0.39 is 26.9 Å². The van der Waals surface area contributed by atoms with Gasteiger partial charge in [0.2, 0.25) is 5.91 Å². The molecule has 0 spiro atoms. The van der Waals surface area contributed by atoms with Gasteiger partial charge in [0, 0.05) is 21.8 Å². The molecular weight excluding hydrogens is 383 g/mol. The molecule has 9 heteroatoms. The van der Waals surface area contributed by atoms with Gasteiger partial charge in [0.15, 0.2) is 15.2 Å². The van der Waals surface area contributed by atoms with Crippen LogP contribution in [0, 0.1) is 0 Å². The topological polar surface area (TPSA) is 67.3 Å². The highest BCUT2D eigenvalue weighted by atomic mass is 35.5. The Morgan fingerprint density at radius 1 is 1.09 bits per heavy atom. The SMILES string of the molecule is O=C1CS(=O)(=O)C(c2ccc(Cl)cc2Cl)N1c1ccc(Cl)cn1. The van der Waals surface area contributed by atoms with Gasteiger partial charge in [-0.25, -0.2) is 13.4 Å². The number of carbonyl (C=O) groups excluding carboxylic acids is 1. The number of aromatic nitrogens is 1. The van der Waals surface area contributed by atoms with Crippen LogP contribution in [0.2, 0.25) is 15.1 Å². The highest BCUT2D eigenvalue weighted by Crippen LogP contribution is 2.40. The highest BCUT2D eigenvalue weighted by Gasteiger charge is 2.47. The van der Waals surface area contributed by atoms with Crippen LogP contribution in [0.1, 0.15) is 10.9 Å². The Morgan fingerprint density at radius 2 is 1.78 bits per heavy atom. The van der Waals surface area contributed by atoms with Crippen molar-refractivity contribution in [2.75, 3.05) is 10.7 Å². The minimum Gasteiger partial charge on any atom is -0.274 e. The zero-order valence-corrected chi connectivity index (χ0v) is 14.5. The van der Waals surface area contributed by atoms with Gasteiger partial charge in [-0.2, -0.15) is 0 Å². The lowest BCUT2D eigenvalue weighted by atomic mass is 10.2. The number of benzene rings is 1. The molecule has 2 heterocycles. The fourth-order valence-corrected chi connectivity index (χ4v) is 4.87. The van der Waals surface area contributed by atoms with E-state index >= 15 is 0 Å². The zero-order chi connectivity index (χ0) is 16.8. The van der Waals surface area contributed by atoms with E-state index in [4.69, 9.17) is 34.8 Å². The summed E-state index contributed by atoms with van der Waals surface area (Å²) in [5, 5.41) is -0.325. The number of sulfone groups is 1. The van der Waals surface area contributed by atoms with Crippen LogP contribution in [-0.4, -0.2) is 25.1 Å². The van der Waals surface area contributed by atoms with Crippen molar-refractivity contribution in [2.45, 2.75) is 5.37 Å². The van der Waals surface area contributed by atoms with E-state index in [-0.39, 0.29) is 16.4 Å². The second-order valence-electron chi connectivity index (χ2n) is 4.92. The molecule has 1 aliphatic heterocycles. The molecule has 2 aromatic rings. The molecule has 0 bridgehead atoms. The lowest BCUT2D eigenvalue weighted by Crippen LogP contribution is -2.30. The van der Waals surface area contributed by atoms with Gasteiger partial charge in [-0.1, -0.05) is 40.9 Å². The minimum absolute atomic E-state index is 0.166. The lowest BCUT2D eigenvalue weighted by molar-refractivity contribution is -0.115. The number of hydrogen-bond donors (Lipinski definition) is 0. The number of hydrogen-bond acceptors (Lipinski definition) is 4. The van der Waals surface area contributed by atoms with Gasteiger partial charge in [0.1, 0.15) is 11.6 Å². The molecule has 1 fully saturated rings.